The topological polar surface area (TPSA) is 101 Å². The van der Waals surface area contributed by atoms with E-state index >= 15 is 0 Å². The van der Waals surface area contributed by atoms with Crippen LogP contribution in [0.3, 0.4) is 0 Å². The van der Waals surface area contributed by atoms with E-state index in [2.05, 4.69) is 9.97 Å². The van der Waals surface area contributed by atoms with Crippen LogP contribution in [0.25, 0.3) is 0 Å². The molecule has 0 aliphatic heterocycles. The highest BCUT2D eigenvalue weighted by molar-refractivity contribution is 5.26. The number of rotatable bonds is 4. The molecule has 2 rings (SSSR count). The smallest absolute Gasteiger partial charge is 0.331 e. The first-order valence-electron chi connectivity index (χ1n) is 6.43. The Morgan fingerprint density at radius 3 is 2.70 bits per heavy atom. The van der Waals surface area contributed by atoms with Gasteiger partial charge in [-0.2, -0.15) is 0 Å². The van der Waals surface area contributed by atoms with E-state index in [1.165, 1.54) is 0 Å². The van der Waals surface area contributed by atoms with Gasteiger partial charge in [0.05, 0.1) is 11.8 Å². The van der Waals surface area contributed by atoms with Crippen LogP contribution in [-0.4, -0.2) is 19.6 Å². The fourth-order valence-electron chi connectivity index (χ4n) is 1.96. The maximum atomic E-state index is 11.8. The van der Waals surface area contributed by atoms with Crippen molar-refractivity contribution in [2.75, 3.05) is 0 Å². The molecule has 0 aromatic carbocycles. The highest BCUT2D eigenvalue weighted by atomic mass is 16.4. The van der Waals surface area contributed by atoms with E-state index in [1.54, 1.807) is 20.0 Å². The summed E-state index contributed by atoms with van der Waals surface area (Å²) in [5, 5.41) is 10.1. The number of hydrogen-bond donors (Lipinski definition) is 2. The SMILES string of the molecule is CCc1cnc(Cn2c(O)c(C(C)C)c(=O)[nH]c2=O)o1. The lowest BCUT2D eigenvalue weighted by Crippen LogP contribution is -2.33. The predicted octanol–water partition coefficient (Wildman–Crippen LogP) is 0.964. The molecule has 0 spiro atoms. The van der Waals surface area contributed by atoms with Crippen molar-refractivity contribution in [3.05, 3.63) is 44.2 Å². The van der Waals surface area contributed by atoms with Crippen molar-refractivity contribution in [3.63, 3.8) is 0 Å². The van der Waals surface area contributed by atoms with Crippen molar-refractivity contribution in [1.29, 1.82) is 0 Å². The molecular weight excluding hydrogens is 262 g/mol. The minimum absolute atomic E-state index is 0.0266. The third-order valence-corrected chi connectivity index (χ3v) is 3.03. The minimum Gasteiger partial charge on any atom is -0.494 e. The molecule has 0 fully saturated rings. The Morgan fingerprint density at radius 2 is 2.15 bits per heavy atom. The van der Waals surface area contributed by atoms with Gasteiger partial charge in [0, 0.05) is 6.42 Å². The number of oxazole rings is 1. The maximum Gasteiger partial charge on any atom is 0.331 e. The third-order valence-electron chi connectivity index (χ3n) is 3.03. The van der Waals surface area contributed by atoms with Crippen molar-refractivity contribution in [2.24, 2.45) is 0 Å². The van der Waals surface area contributed by atoms with Crippen LogP contribution in [0.1, 0.15) is 43.9 Å². The molecule has 2 aromatic rings. The number of aromatic amines is 1. The van der Waals surface area contributed by atoms with Gasteiger partial charge in [0.25, 0.3) is 5.56 Å². The summed E-state index contributed by atoms with van der Waals surface area (Å²) in [5.41, 5.74) is -1.08. The maximum absolute atomic E-state index is 11.8. The Kier molecular flexibility index (Phi) is 3.78. The highest BCUT2D eigenvalue weighted by Crippen LogP contribution is 2.20. The normalized spacial score (nSPS) is 11.2. The van der Waals surface area contributed by atoms with Crippen LogP contribution in [0.2, 0.25) is 0 Å². The standard InChI is InChI=1S/C13H17N3O4/c1-4-8-5-14-9(20-8)6-16-12(18)10(7(2)3)11(17)15-13(16)19/h5,7,18H,4,6H2,1-3H3,(H,15,17,19). The van der Waals surface area contributed by atoms with E-state index in [-0.39, 0.29) is 23.9 Å². The summed E-state index contributed by atoms with van der Waals surface area (Å²) in [7, 11) is 0. The Labute approximate surface area is 114 Å². The van der Waals surface area contributed by atoms with Crippen LogP contribution in [0.5, 0.6) is 5.88 Å². The largest absolute Gasteiger partial charge is 0.494 e. The Bertz CT molecular complexity index is 724. The van der Waals surface area contributed by atoms with Crippen molar-refractivity contribution >= 4 is 0 Å². The molecule has 0 saturated heterocycles. The summed E-state index contributed by atoms with van der Waals surface area (Å²) >= 11 is 0. The zero-order valence-corrected chi connectivity index (χ0v) is 11.6. The van der Waals surface area contributed by atoms with Crippen molar-refractivity contribution in [1.82, 2.24) is 14.5 Å². The number of H-pyrrole nitrogens is 1. The zero-order valence-electron chi connectivity index (χ0n) is 11.6. The average molecular weight is 279 g/mol. The zero-order chi connectivity index (χ0) is 14.9. The number of aryl methyl sites for hydroxylation is 1. The summed E-state index contributed by atoms with van der Waals surface area (Å²) in [6, 6.07) is 0. The molecule has 108 valence electrons. The van der Waals surface area contributed by atoms with Gasteiger partial charge in [-0.15, -0.1) is 0 Å². The van der Waals surface area contributed by atoms with Gasteiger partial charge in [-0.25, -0.2) is 9.78 Å². The van der Waals surface area contributed by atoms with Gasteiger partial charge in [0.1, 0.15) is 12.3 Å². The van der Waals surface area contributed by atoms with Gasteiger partial charge in [-0.3, -0.25) is 14.3 Å². The number of nitrogens with one attached hydrogen (secondary N) is 1. The van der Waals surface area contributed by atoms with Gasteiger partial charge < -0.3 is 9.52 Å². The van der Waals surface area contributed by atoms with E-state index in [1.807, 2.05) is 6.92 Å². The molecule has 0 aliphatic rings. The summed E-state index contributed by atoms with van der Waals surface area (Å²) < 4.78 is 6.45. The van der Waals surface area contributed by atoms with Crippen molar-refractivity contribution in [3.8, 4) is 5.88 Å². The molecule has 2 N–H and O–H groups in total. The van der Waals surface area contributed by atoms with Crippen LogP contribution >= 0.6 is 0 Å². The predicted molar refractivity (Wildman–Crippen MR) is 72.1 cm³/mol. The lowest BCUT2D eigenvalue weighted by atomic mass is 10.1. The minimum atomic E-state index is -0.687. The van der Waals surface area contributed by atoms with E-state index < -0.39 is 11.2 Å². The van der Waals surface area contributed by atoms with Crippen LogP contribution in [-0.2, 0) is 13.0 Å². The van der Waals surface area contributed by atoms with Crippen LogP contribution < -0.4 is 11.2 Å². The van der Waals surface area contributed by atoms with Gasteiger partial charge in [0.2, 0.25) is 11.8 Å². The van der Waals surface area contributed by atoms with E-state index in [4.69, 9.17) is 4.42 Å². The van der Waals surface area contributed by atoms with Gasteiger partial charge >= 0.3 is 5.69 Å². The van der Waals surface area contributed by atoms with Crippen LogP contribution in [0.4, 0.5) is 0 Å². The van der Waals surface area contributed by atoms with Crippen LogP contribution in [0.15, 0.2) is 20.2 Å². The monoisotopic (exact) mass is 279 g/mol. The van der Waals surface area contributed by atoms with Gasteiger partial charge in [-0.1, -0.05) is 20.8 Å². The lowest BCUT2D eigenvalue weighted by Gasteiger charge is -2.11. The molecule has 7 heteroatoms. The molecule has 20 heavy (non-hydrogen) atoms. The molecule has 2 aromatic heterocycles. The average Bonchev–Trinajstić information content (AvgIpc) is 2.81. The van der Waals surface area contributed by atoms with Crippen molar-refractivity contribution < 1.29 is 9.52 Å². The molecule has 0 amide bonds. The molecule has 0 radical (unpaired) electrons. The first kappa shape index (κ1) is 14.1. The molecule has 7 nitrogen and oxygen atoms in total. The molecule has 0 aliphatic carbocycles. The summed E-state index contributed by atoms with van der Waals surface area (Å²) in [5.74, 6) is 0.452. The second-order valence-electron chi connectivity index (χ2n) is 4.81. The summed E-state index contributed by atoms with van der Waals surface area (Å²) in [4.78, 5) is 29.7. The Balaban J connectivity index is 2.49. The summed E-state index contributed by atoms with van der Waals surface area (Å²) in [6.07, 6.45) is 2.27. The van der Waals surface area contributed by atoms with E-state index in [0.29, 0.717) is 18.1 Å². The molecule has 0 unspecified atom stereocenters. The fourth-order valence-corrected chi connectivity index (χ4v) is 1.96. The quantitative estimate of drug-likeness (QED) is 0.868. The van der Waals surface area contributed by atoms with Gasteiger partial charge in [-0.05, 0) is 5.92 Å². The van der Waals surface area contributed by atoms with Crippen LogP contribution in [0, 0.1) is 0 Å². The second-order valence-corrected chi connectivity index (χ2v) is 4.81. The molecular formula is C13H17N3O4. The second kappa shape index (κ2) is 5.36. The third kappa shape index (κ3) is 2.52. The first-order chi connectivity index (χ1) is 9.43. The number of nitrogens with zero attached hydrogens (tertiary/aromatic N) is 2. The molecule has 0 saturated carbocycles. The number of hydrogen-bond acceptors (Lipinski definition) is 5. The van der Waals surface area contributed by atoms with Gasteiger partial charge in [0.15, 0.2) is 0 Å². The Hall–Kier alpha value is -2.31. The highest BCUT2D eigenvalue weighted by Gasteiger charge is 2.18. The number of aromatic hydroxyl groups is 1. The summed E-state index contributed by atoms with van der Waals surface area (Å²) in [6.45, 7) is 5.42. The molecule has 0 bridgehead atoms. The Morgan fingerprint density at radius 1 is 1.45 bits per heavy atom. The number of aromatic nitrogens is 3. The van der Waals surface area contributed by atoms with E-state index in [0.717, 1.165) is 4.57 Å². The molecule has 2 heterocycles. The van der Waals surface area contributed by atoms with Crippen molar-refractivity contribution in [2.45, 2.75) is 39.7 Å². The molecule has 0 atom stereocenters. The fraction of sp³-hybridized carbons (Fsp3) is 0.462. The van der Waals surface area contributed by atoms with E-state index in [9.17, 15) is 14.7 Å². The first-order valence-corrected chi connectivity index (χ1v) is 6.43. The lowest BCUT2D eigenvalue weighted by molar-refractivity contribution is 0.375.